The van der Waals surface area contributed by atoms with E-state index in [-0.39, 0.29) is 0 Å². The van der Waals surface area contributed by atoms with Gasteiger partial charge in [0.2, 0.25) is 0 Å². The van der Waals surface area contributed by atoms with Crippen LogP contribution < -0.4 is 4.90 Å². The fourth-order valence-corrected chi connectivity index (χ4v) is 3.49. The molecule has 112 valence electrons. The molecule has 0 radical (unpaired) electrons. The monoisotopic (exact) mass is 286 g/mol. The lowest BCUT2D eigenvalue weighted by molar-refractivity contribution is -0.131. The van der Waals surface area contributed by atoms with E-state index in [2.05, 4.69) is 28.9 Å². The topological polar surface area (TPSA) is 43.8 Å². The van der Waals surface area contributed by atoms with Crippen molar-refractivity contribution in [1.82, 2.24) is 4.90 Å². The summed E-state index contributed by atoms with van der Waals surface area (Å²) in [7, 11) is 0. The maximum Gasteiger partial charge on any atom is 0.328 e. The average molecular weight is 286 g/mol. The Morgan fingerprint density at radius 3 is 2.76 bits per heavy atom. The Kier molecular flexibility index (Phi) is 3.97. The third kappa shape index (κ3) is 3.10. The van der Waals surface area contributed by atoms with Crippen LogP contribution in [0.1, 0.15) is 25.3 Å². The normalized spacial score (nSPS) is 26.2. The van der Waals surface area contributed by atoms with Crippen molar-refractivity contribution in [3.05, 3.63) is 35.9 Å². The Morgan fingerprint density at radius 1 is 1.29 bits per heavy atom. The Morgan fingerprint density at radius 2 is 2.05 bits per heavy atom. The maximum absolute atomic E-state index is 10.5. The van der Waals surface area contributed by atoms with Crippen molar-refractivity contribution >= 4 is 17.7 Å². The van der Waals surface area contributed by atoms with Crippen LogP contribution in [0.4, 0.5) is 5.69 Å². The first-order valence-corrected chi connectivity index (χ1v) is 7.65. The first-order chi connectivity index (χ1) is 10.1. The fourth-order valence-electron chi connectivity index (χ4n) is 3.49. The van der Waals surface area contributed by atoms with E-state index >= 15 is 0 Å². The molecule has 2 atom stereocenters. The number of anilines is 1. The number of piperazine rings is 1. The summed E-state index contributed by atoms with van der Waals surface area (Å²) in [4.78, 5) is 15.6. The zero-order valence-corrected chi connectivity index (χ0v) is 12.4. The second-order valence-electron chi connectivity index (χ2n) is 6.06. The summed E-state index contributed by atoms with van der Waals surface area (Å²) in [6.07, 6.45) is 5.44. The molecule has 2 aliphatic heterocycles. The van der Waals surface area contributed by atoms with E-state index in [4.69, 9.17) is 5.11 Å². The van der Waals surface area contributed by atoms with Gasteiger partial charge in [0.05, 0.1) is 0 Å². The lowest BCUT2D eigenvalue weighted by Gasteiger charge is -2.43. The van der Waals surface area contributed by atoms with Crippen LogP contribution in [-0.2, 0) is 4.79 Å². The lowest BCUT2D eigenvalue weighted by Crippen LogP contribution is -2.55. The van der Waals surface area contributed by atoms with Crippen LogP contribution in [0.5, 0.6) is 0 Å². The molecule has 4 heteroatoms. The van der Waals surface area contributed by atoms with Gasteiger partial charge in [-0.15, -0.1) is 0 Å². The Bertz CT molecular complexity index is 538. The molecule has 1 aromatic rings. The molecular formula is C17H22N2O2. The van der Waals surface area contributed by atoms with Gasteiger partial charge >= 0.3 is 5.97 Å². The third-order valence-corrected chi connectivity index (χ3v) is 4.58. The summed E-state index contributed by atoms with van der Waals surface area (Å²) in [5, 5.41) is 8.66. The number of nitrogens with zero attached hydrogens (tertiary/aromatic N) is 2. The van der Waals surface area contributed by atoms with Crippen molar-refractivity contribution in [3.8, 4) is 0 Å². The van der Waals surface area contributed by atoms with Crippen molar-refractivity contribution < 1.29 is 9.90 Å². The molecule has 1 aromatic carbocycles. The van der Waals surface area contributed by atoms with E-state index in [1.54, 1.807) is 6.08 Å². The minimum absolute atomic E-state index is 0.528. The predicted molar refractivity (Wildman–Crippen MR) is 84.5 cm³/mol. The summed E-state index contributed by atoms with van der Waals surface area (Å²) < 4.78 is 0. The number of fused-ring (bicyclic) bond motifs is 1. The van der Waals surface area contributed by atoms with E-state index in [0.717, 1.165) is 18.7 Å². The summed E-state index contributed by atoms with van der Waals surface area (Å²) in [6, 6.07) is 9.41. The molecule has 0 amide bonds. The van der Waals surface area contributed by atoms with Crippen molar-refractivity contribution in [1.29, 1.82) is 0 Å². The van der Waals surface area contributed by atoms with Gasteiger partial charge in [-0.2, -0.15) is 0 Å². The molecule has 1 N–H and O–H groups in total. The van der Waals surface area contributed by atoms with Crippen LogP contribution in [0, 0.1) is 0 Å². The number of carbonyl (C=O) groups is 1. The molecule has 2 saturated heterocycles. The molecule has 0 bridgehead atoms. The van der Waals surface area contributed by atoms with Crippen molar-refractivity contribution in [2.45, 2.75) is 31.8 Å². The van der Waals surface area contributed by atoms with Gasteiger partial charge in [0.25, 0.3) is 0 Å². The molecule has 4 nitrogen and oxygen atoms in total. The molecule has 0 aliphatic carbocycles. The van der Waals surface area contributed by atoms with E-state index in [1.807, 2.05) is 12.1 Å². The van der Waals surface area contributed by atoms with E-state index in [1.165, 1.54) is 31.1 Å². The smallest absolute Gasteiger partial charge is 0.328 e. The maximum atomic E-state index is 10.5. The Balaban J connectivity index is 1.72. The van der Waals surface area contributed by atoms with Crippen LogP contribution in [-0.4, -0.2) is 47.7 Å². The zero-order chi connectivity index (χ0) is 14.8. The van der Waals surface area contributed by atoms with Crippen LogP contribution >= 0.6 is 0 Å². The number of rotatable bonds is 3. The van der Waals surface area contributed by atoms with Crippen LogP contribution in [0.3, 0.4) is 0 Å². The summed E-state index contributed by atoms with van der Waals surface area (Å²) in [5.74, 6) is -0.912. The highest BCUT2D eigenvalue weighted by molar-refractivity contribution is 5.85. The average Bonchev–Trinajstić information content (AvgIpc) is 2.92. The van der Waals surface area contributed by atoms with Crippen LogP contribution in [0.2, 0.25) is 0 Å². The molecule has 2 unspecified atom stereocenters. The molecule has 0 spiro atoms. The molecule has 2 aliphatic rings. The predicted octanol–water partition coefficient (Wildman–Crippen LogP) is 2.46. The molecule has 0 aromatic heterocycles. The summed E-state index contributed by atoms with van der Waals surface area (Å²) in [5.41, 5.74) is 2.16. The zero-order valence-electron chi connectivity index (χ0n) is 12.4. The first-order valence-electron chi connectivity index (χ1n) is 7.65. The molecule has 3 rings (SSSR count). The highest BCUT2D eigenvalue weighted by atomic mass is 16.4. The highest BCUT2D eigenvalue weighted by Gasteiger charge is 2.34. The fraction of sp³-hybridized carbons (Fsp3) is 0.471. The van der Waals surface area contributed by atoms with Gasteiger partial charge in [-0.3, -0.25) is 4.90 Å². The molecular weight excluding hydrogens is 264 g/mol. The minimum Gasteiger partial charge on any atom is -0.478 e. The summed E-state index contributed by atoms with van der Waals surface area (Å²) >= 11 is 0. The van der Waals surface area contributed by atoms with E-state index in [0.29, 0.717) is 12.1 Å². The SMILES string of the molecule is CC1CN2CCCC2CN1c1ccc(/C=C/C(=O)O)cc1. The highest BCUT2D eigenvalue weighted by Crippen LogP contribution is 2.28. The number of benzene rings is 1. The van der Waals surface area contributed by atoms with Gasteiger partial charge in [-0.25, -0.2) is 4.79 Å². The quantitative estimate of drug-likeness (QED) is 0.867. The summed E-state index contributed by atoms with van der Waals surface area (Å²) in [6.45, 7) is 5.78. The Labute approximate surface area is 125 Å². The number of hydrogen-bond acceptors (Lipinski definition) is 3. The van der Waals surface area contributed by atoms with Crippen molar-refractivity contribution in [2.24, 2.45) is 0 Å². The van der Waals surface area contributed by atoms with E-state index in [9.17, 15) is 4.79 Å². The van der Waals surface area contributed by atoms with Crippen LogP contribution in [0.15, 0.2) is 30.3 Å². The second kappa shape index (κ2) is 5.90. The Hall–Kier alpha value is -1.81. The van der Waals surface area contributed by atoms with Gasteiger partial charge in [0, 0.05) is 36.9 Å². The lowest BCUT2D eigenvalue weighted by atomic mass is 10.1. The molecule has 0 saturated carbocycles. The first kappa shape index (κ1) is 14.1. The van der Waals surface area contributed by atoms with Gasteiger partial charge in [0.15, 0.2) is 0 Å². The van der Waals surface area contributed by atoms with Gasteiger partial charge in [0.1, 0.15) is 0 Å². The molecule has 21 heavy (non-hydrogen) atoms. The minimum atomic E-state index is -0.912. The second-order valence-corrected chi connectivity index (χ2v) is 6.06. The number of carboxylic acid groups (broad SMARTS) is 1. The largest absolute Gasteiger partial charge is 0.478 e. The van der Waals surface area contributed by atoms with Gasteiger partial charge in [-0.1, -0.05) is 12.1 Å². The van der Waals surface area contributed by atoms with Gasteiger partial charge in [-0.05, 0) is 50.1 Å². The van der Waals surface area contributed by atoms with Crippen molar-refractivity contribution in [2.75, 3.05) is 24.5 Å². The molecule has 2 fully saturated rings. The standard InChI is InChI=1S/C17H22N2O2/c1-13-11-18-10-2-3-16(18)12-19(13)15-7-4-14(5-8-15)6-9-17(20)21/h4-9,13,16H,2-3,10-12H2,1H3,(H,20,21)/b9-6+. The number of aliphatic carboxylic acids is 1. The number of carboxylic acids is 1. The third-order valence-electron chi connectivity index (χ3n) is 4.58. The van der Waals surface area contributed by atoms with Crippen molar-refractivity contribution in [3.63, 3.8) is 0 Å². The number of hydrogen-bond donors (Lipinski definition) is 1. The van der Waals surface area contributed by atoms with Gasteiger partial charge < -0.3 is 10.0 Å². The molecule has 2 heterocycles. The van der Waals surface area contributed by atoms with Crippen LogP contribution in [0.25, 0.3) is 6.08 Å². The van der Waals surface area contributed by atoms with E-state index < -0.39 is 5.97 Å².